The average molecular weight is 286 g/mol. The molecule has 0 saturated carbocycles. The lowest BCUT2D eigenvalue weighted by molar-refractivity contribution is 0.0314. The van der Waals surface area contributed by atoms with Crippen molar-refractivity contribution in [3.8, 4) is 0 Å². The third kappa shape index (κ3) is 2.95. The van der Waals surface area contributed by atoms with Gasteiger partial charge in [0.1, 0.15) is 0 Å². The molecule has 4 nitrogen and oxygen atoms in total. The molecule has 1 aliphatic heterocycles. The van der Waals surface area contributed by atoms with Crippen molar-refractivity contribution < 1.29 is 17.7 Å². The highest BCUT2D eigenvalue weighted by Crippen LogP contribution is 2.32. The van der Waals surface area contributed by atoms with E-state index in [1.165, 1.54) is 0 Å². The van der Waals surface area contributed by atoms with Gasteiger partial charge in [-0.25, -0.2) is 13.2 Å². The molecule has 1 N–H and O–H groups in total. The molecule has 1 fully saturated rings. The molecule has 104 valence electrons. The molecule has 2 rings (SSSR count). The van der Waals surface area contributed by atoms with E-state index in [4.69, 9.17) is 0 Å². The van der Waals surface area contributed by atoms with E-state index in [1.807, 2.05) is 6.92 Å². The molecule has 0 spiro atoms. The highest BCUT2D eigenvalue weighted by atomic mass is 35.5. The Balaban J connectivity index is 0.00000162. The van der Waals surface area contributed by atoms with E-state index in [2.05, 4.69) is 20.0 Å². The molecule has 1 saturated heterocycles. The van der Waals surface area contributed by atoms with Crippen molar-refractivity contribution in [2.75, 3.05) is 13.1 Å². The lowest BCUT2D eigenvalue weighted by atomic mass is 9.80. The van der Waals surface area contributed by atoms with Crippen molar-refractivity contribution in [2.45, 2.75) is 37.8 Å². The van der Waals surface area contributed by atoms with Gasteiger partial charge in [-0.3, -0.25) is 0 Å². The molecule has 1 aromatic rings. The van der Waals surface area contributed by atoms with Crippen molar-refractivity contribution in [1.29, 1.82) is 0 Å². The highest BCUT2D eigenvalue weighted by Gasteiger charge is 2.36. The summed E-state index contributed by atoms with van der Waals surface area (Å²) in [5, 5.41) is 6.81. The first-order chi connectivity index (χ1) is 8.03. The molecule has 1 aromatic heterocycles. The summed E-state index contributed by atoms with van der Waals surface area (Å²) in [5.41, 5.74) is -0.325. The van der Waals surface area contributed by atoms with Gasteiger partial charge in [0.25, 0.3) is 12.3 Å². The lowest BCUT2D eigenvalue weighted by Gasteiger charge is -2.30. The number of nitrogens with zero attached hydrogens (tertiary/aromatic N) is 2. The summed E-state index contributed by atoms with van der Waals surface area (Å²) in [6.45, 7) is 3.53. The first kappa shape index (κ1) is 15.2. The maximum Gasteiger partial charge on any atom is 0.278 e. The van der Waals surface area contributed by atoms with Crippen LogP contribution < -0.4 is 5.32 Å². The zero-order valence-electron chi connectivity index (χ0n) is 9.83. The van der Waals surface area contributed by atoms with Crippen molar-refractivity contribution >= 4 is 12.4 Å². The zero-order chi connectivity index (χ0) is 12.5. The Morgan fingerprint density at radius 1 is 1.28 bits per heavy atom. The van der Waals surface area contributed by atoms with Crippen LogP contribution in [0.15, 0.2) is 4.52 Å². The van der Waals surface area contributed by atoms with E-state index in [9.17, 15) is 13.2 Å². The number of piperidine rings is 1. The molecular weight excluding hydrogens is 271 g/mol. The van der Waals surface area contributed by atoms with E-state index >= 15 is 0 Å². The van der Waals surface area contributed by atoms with E-state index in [0.29, 0.717) is 5.82 Å². The van der Waals surface area contributed by atoms with Crippen LogP contribution in [-0.4, -0.2) is 29.7 Å². The maximum absolute atomic E-state index is 13.0. The Bertz CT molecular complexity index is 382. The number of halogens is 4. The molecule has 0 bridgehead atoms. The molecule has 18 heavy (non-hydrogen) atoms. The Kier molecular flexibility index (Phi) is 4.98. The lowest BCUT2D eigenvalue weighted by Crippen LogP contribution is -2.38. The van der Waals surface area contributed by atoms with Gasteiger partial charge in [-0.15, -0.1) is 12.4 Å². The van der Waals surface area contributed by atoms with Gasteiger partial charge in [-0.2, -0.15) is 4.98 Å². The second-order valence-electron chi connectivity index (χ2n) is 4.50. The van der Waals surface area contributed by atoms with Crippen LogP contribution >= 0.6 is 12.4 Å². The topological polar surface area (TPSA) is 51.0 Å². The maximum atomic E-state index is 13.0. The zero-order valence-corrected chi connectivity index (χ0v) is 10.6. The Labute approximate surface area is 109 Å². The minimum atomic E-state index is -3.14. The quantitative estimate of drug-likeness (QED) is 0.926. The number of nitrogens with one attached hydrogen (secondary N) is 1. The van der Waals surface area contributed by atoms with Gasteiger partial charge in [0, 0.05) is 5.41 Å². The van der Waals surface area contributed by atoms with Crippen LogP contribution in [0.1, 0.15) is 37.7 Å². The summed E-state index contributed by atoms with van der Waals surface area (Å²) in [6.07, 6.45) is -4.08. The first-order valence-electron chi connectivity index (χ1n) is 5.50. The van der Waals surface area contributed by atoms with Gasteiger partial charge in [-0.05, 0) is 25.9 Å². The van der Waals surface area contributed by atoms with Crippen molar-refractivity contribution in [3.05, 3.63) is 11.7 Å². The molecular formula is C10H15ClF3N3O. The molecule has 1 unspecified atom stereocenters. The van der Waals surface area contributed by atoms with Crippen LogP contribution in [0, 0.1) is 0 Å². The van der Waals surface area contributed by atoms with E-state index < -0.39 is 18.5 Å². The summed E-state index contributed by atoms with van der Waals surface area (Å²) in [4.78, 5) is 3.77. The minimum Gasteiger partial charge on any atom is -0.336 e. The molecule has 0 aliphatic carbocycles. The molecule has 2 heterocycles. The SMILES string of the molecule is CC1(c2noc(C(F)C(F)F)n2)CCNCC1.Cl. The Hall–Kier alpha value is -0.820. The van der Waals surface area contributed by atoms with Gasteiger partial charge < -0.3 is 9.84 Å². The smallest absolute Gasteiger partial charge is 0.278 e. The second-order valence-corrected chi connectivity index (χ2v) is 4.50. The summed E-state index contributed by atoms with van der Waals surface area (Å²) in [5.74, 6) is -0.313. The first-order valence-corrected chi connectivity index (χ1v) is 5.50. The van der Waals surface area contributed by atoms with Crippen molar-refractivity contribution in [1.82, 2.24) is 15.5 Å². The normalized spacial score (nSPS) is 20.5. The summed E-state index contributed by atoms with van der Waals surface area (Å²) in [6, 6.07) is 0. The third-order valence-electron chi connectivity index (χ3n) is 3.15. The van der Waals surface area contributed by atoms with Gasteiger partial charge in [0.15, 0.2) is 5.82 Å². The summed E-state index contributed by atoms with van der Waals surface area (Å²) < 4.78 is 41.9. The predicted octanol–water partition coefficient (Wildman–Crippen LogP) is 2.41. The molecule has 1 aliphatic rings. The minimum absolute atomic E-state index is 0. The molecule has 0 aromatic carbocycles. The van der Waals surface area contributed by atoms with Crippen molar-refractivity contribution in [2.24, 2.45) is 0 Å². The third-order valence-corrected chi connectivity index (χ3v) is 3.15. The second kappa shape index (κ2) is 5.88. The Morgan fingerprint density at radius 3 is 2.44 bits per heavy atom. The number of alkyl halides is 3. The number of rotatable bonds is 3. The van der Waals surface area contributed by atoms with E-state index in [-0.39, 0.29) is 17.8 Å². The number of hydrogen-bond donors (Lipinski definition) is 1. The number of aromatic nitrogens is 2. The monoisotopic (exact) mass is 285 g/mol. The van der Waals surface area contributed by atoms with Crippen LogP contribution in [-0.2, 0) is 5.41 Å². The largest absolute Gasteiger partial charge is 0.336 e. The van der Waals surface area contributed by atoms with Crippen LogP contribution in [0.4, 0.5) is 13.2 Å². The highest BCUT2D eigenvalue weighted by molar-refractivity contribution is 5.85. The van der Waals surface area contributed by atoms with E-state index in [0.717, 1.165) is 25.9 Å². The fourth-order valence-corrected chi connectivity index (χ4v) is 1.90. The molecule has 1 atom stereocenters. The molecule has 8 heteroatoms. The van der Waals surface area contributed by atoms with Gasteiger partial charge in [-0.1, -0.05) is 12.1 Å². The van der Waals surface area contributed by atoms with Crippen LogP contribution in [0.5, 0.6) is 0 Å². The predicted molar refractivity (Wildman–Crippen MR) is 60.9 cm³/mol. The molecule has 0 amide bonds. The Morgan fingerprint density at radius 2 is 1.89 bits per heavy atom. The van der Waals surface area contributed by atoms with Crippen LogP contribution in [0.3, 0.4) is 0 Å². The van der Waals surface area contributed by atoms with Gasteiger partial charge >= 0.3 is 0 Å². The summed E-state index contributed by atoms with van der Waals surface area (Å²) >= 11 is 0. The van der Waals surface area contributed by atoms with E-state index in [1.54, 1.807) is 0 Å². The van der Waals surface area contributed by atoms with Gasteiger partial charge in [0.05, 0.1) is 0 Å². The summed E-state index contributed by atoms with van der Waals surface area (Å²) in [7, 11) is 0. The standard InChI is InChI=1S/C10H14F3N3O.ClH/c1-10(2-4-14-5-3-10)9-15-8(17-16-9)6(11)7(12)13;/h6-7,14H,2-5H2,1H3;1H. The molecule has 0 radical (unpaired) electrons. The fourth-order valence-electron chi connectivity index (χ4n) is 1.90. The van der Waals surface area contributed by atoms with Crippen LogP contribution in [0.2, 0.25) is 0 Å². The van der Waals surface area contributed by atoms with Crippen molar-refractivity contribution in [3.63, 3.8) is 0 Å². The fraction of sp³-hybridized carbons (Fsp3) is 0.800. The van der Waals surface area contributed by atoms with Crippen LogP contribution in [0.25, 0.3) is 0 Å². The average Bonchev–Trinajstić information content (AvgIpc) is 2.78. The number of hydrogen-bond acceptors (Lipinski definition) is 4. The van der Waals surface area contributed by atoms with Gasteiger partial charge in [0.2, 0.25) is 6.17 Å².